The van der Waals surface area contributed by atoms with Crippen LogP contribution in [0.25, 0.3) is 27.8 Å². The van der Waals surface area contributed by atoms with E-state index in [1.54, 1.807) is 29.2 Å². The van der Waals surface area contributed by atoms with E-state index in [0.717, 1.165) is 40.0 Å². The van der Waals surface area contributed by atoms with Gasteiger partial charge in [-0.15, -0.1) is 5.10 Å². The largest absolute Gasteiger partial charge is 0.496 e. The van der Waals surface area contributed by atoms with E-state index in [0.29, 0.717) is 37.4 Å². The van der Waals surface area contributed by atoms with Crippen LogP contribution in [0.15, 0.2) is 67.1 Å². The molecule has 1 N–H and O–H groups in total. The Morgan fingerprint density at radius 3 is 2.70 bits per heavy atom. The van der Waals surface area contributed by atoms with E-state index in [4.69, 9.17) is 4.74 Å². The number of ether oxygens (including phenoxy) is 1. The van der Waals surface area contributed by atoms with Crippen LogP contribution in [0.1, 0.15) is 43.9 Å². The number of likely N-dealkylation sites (N-methyl/N-ethyl adjacent to an activating group) is 1. The molecule has 1 amide bonds. The normalized spacial score (nSPS) is 17.3. The van der Waals surface area contributed by atoms with Crippen LogP contribution in [0.4, 0.5) is 4.39 Å². The van der Waals surface area contributed by atoms with Gasteiger partial charge in [-0.2, -0.15) is 5.10 Å². The highest BCUT2D eigenvalue weighted by Crippen LogP contribution is 2.34. The number of aromatic nitrogens is 6. The van der Waals surface area contributed by atoms with Gasteiger partial charge in [0.15, 0.2) is 0 Å². The number of nitrogens with one attached hydrogen (secondary N) is 1. The van der Waals surface area contributed by atoms with Gasteiger partial charge in [0.2, 0.25) is 5.91 Å². The summed E-state index contributed by atoms with van der Waals surface area (Å²) < 4.78 is 22.3. The van der Waals surface area contributed by atoms with Gasteiger partial charge in [0.25, 0.3) is 0 Å². The average molecular weight is 583 g/mol. The Labute approximate surface area is 249 Å². The van der Waals surface area contributed by atoms with E-state index in [-0.39, 0.29) is 30.2 Å². The molecular formula is C32H35FN8O2. The molecule has 11 heteroatoms. The van der Waals surface area contributed by atoms with Crippen LogP contribution in [0.3, 0.4) is 0 Å². The van der Waals surface area contributed by atoms with Crippen LogP contribution in [0.2, 0.25) is 0 Å². The van der Waals surface area contributed by atoms with Gasteiger partial charge in [0.1, 0.15) is 17.3 Å². The molecule has 2 aromatic carbocycles. The van der Waals surface area contributed by atoms with Crippen LogP contribution in [-0.2, 0) is 11.3 Å². The van der Waals surface area contributed by atoms with Crippen molar-refractivity contribution in [2.45, 2.75) is 45.2 Å². The number of pyridine rings is 1. The van der Waals surface area contributed by atoms with Crippen molar-refractivity contribution in [3.8, 4) is 22.7 Å². The molecule has 1 aliphatic heterocycles. The molecule has 6 rings (SSSR count). The number of piperidine rings is 1. The zero-order valence-corrected chi connectivity index (χ0v) is 24.6. The zero-order valence-electron chi connectivity index (χ0n) is 24.6. The molecule has 5 aromatic rings. The maximum absolute atomic E-state index is 15.0. The lowest BCUT2D eigenvalue weighted by atomic mass is 9.89. The summed E-state index contributed by atoms with van der Waals surface area (Å²) in [6, 6.07) is 14.3. The lowest BCUT2D eigenvalue weighted by Crippen LogP contribution is -2.52. The van der Waals surface area contributed by atoms with Crippen molar-refractivity contribution in [3.63, 3.8) is 0 Å². The second-order valence-corrected chi connectivity index (χ2v) is 10.8. The van der Waals surface area contributed by atoms with E-state index in [1.807, 2.05) is 55.3 Å². The molecule has 0 aliphatic carbocycles. The SMILES string of the molecule is CCN(CC)C(=O)C1CCC(c2cn(-c3ccc4[nH]nc(-c5ccncc5)c4c3)nn2)CN1Cc1c(F)cccc1OC. The molecule has 3 aromatic heterocycles. The van der Waals surface area contributed by atoms with Crippen molar-refractivity contribution in [3.05, 3.63) is 84.2 Å². The molecule has 222 valence electrons. The molecule has 0 bridgehead atoms. The summed E-state index contributed by atoms with van der Waals surface area (Å²) in [6.45, 7) is 6.02. The molecule has 0 spiro atoms. The minimum absolute atomic E-state index is 0.0253. The Hall–Kier alpha value is -4.64. The average Bonchev–Trinajstić information content (AvgIpc) is 3.71. The van der Waals surface area contributed by atoms with Gasteiger partial charge in [-0.05, 0) is 69.2 Å². The molecule has 0 radical (unpaired) electrons. The highest BCUT2D eigenvalue weighted by atomic mass is 19.1. The smallest absolute Gasteiger partial charge is 0.239 e. The predicted molar refractivity (Wildman–Crippen MR) is 161 cm³/mol. The zero-order chi connectivity index (χ0) is 29.9. The number of amides is 1. The van der Waals surface area contributed by atoms with E-state index in [1.165, 1.54) is 13.2 Å². The van der Waals surface area contributed by atoms with Crippen molar-refractivity contribution in [2.24, 2.45) is 0 Å². The maximum atomic E-state index is 15.0. The lowest BCUT2D eigenvalue weighted by Gasteiger charge is -2.40. The summed E-state index contributed by atoms with van der Waals surface area (Å²) >= 11 is 0. The van der Waals surface area contributed by atoms with Crippen LogP contribution < -0.4 is 4.74 Å². The van der Waals surface area contributed by atoms with Gasteiger partial charge in [0, 0.05) is 61.0 Å². The monoisotopic (exact) mass is 582 g/mol. The first-order valence-corrected chi connectivity index (χ1v) is 14.7. The van der Waals surface area contributed by atoms with Crippen LogP contribution in [-0.4, -0.2) is 78.7 Å². The van der Waals surface area contributed by atoms with E-state index >= 15 is 4.39 Å². The van der Waals surface area contributed by atoms with Crippen LogP contribution in [0.5, 0.6) is 5.75 Å². The first-order valence-electron chi connectivity index (χ1n) is 14.7. The van der Waals surface area contributed by atoms with Crippen molar-refractivity contribution >= 4 is 16.8 Å². The van der Waals surface area contributed by atoms with Crippen molar-refractivity contribution in [2.75, 3.05) is 26.7 Å². The predicted octanol–water partition coefficient (Wildman–Crippen LogP) is 4.97. The van der Waals surface area contributed by atoms with Crippen molar-refractivity contribution in [1.29, 1.82) is 0 Å². The number of likely N-dealkylation sites (tertiary alicyclic amines) is 1. The van der Waals surface area contributed by atoms with Crippen molar-refractivity contribution in [1.82, 2.24) is 40.0 Å². The molecular weight excluding hydrogens is 547 g/mol. The molecule has 10 nitrogen and oxygen atoms in total. The Kier molecular flexibility index (Phi) is 8.15. The molecule has 1 fully saturated rings. The Balaban J connectivity index is 1.28. The minimum atomic E-state index is -0.356. The molecule has 1 aliphatic rings. The summed E-state index contributed by atoms with van der Waals surface area (Å²) in [5.74, 6) is 0.225. The van der Waals surface area contributed by atoms with Crippen LogP contribution in [0, 0.1) is 5.82 Å². The minimum Gasteiger partial charge on any atom is -0.496 e. The number of hydrogen-bond donors (Lipinski definition) is 1. The number of carbonyl (C=O) groups excluding carboxylic acids is 1. The second-order valence-electron chi connectivity index (χ2n) is 10.8. The molecule has 2 atom stereocenters. The number of rotatable bonds is 9. The summed E-state index contributed by atoms with van der Waals surface area (Å²) in [5.41, 5.74) is 4.88. The fourth-order valence-electron chi connectivity index (χ4n) is 6.04. The molecule has 0 saturated carbocycles. The number of benzene rings is 2. The molecule has 43 heavy (non-hydrogen) atoms. The van der Waals surface area contributed by atoms with Gasteiger partial charge in [-0.25, -0.2) is 9.07 Å². The fourth-order valence-corrected chi connectivity index (χ4v) is 6.04. The van der Waals surface area contributed by atoms with Gasteiger partial charge in [0.05, 0.1) is 36.2 Å². The summed E-state index contributed by atoms with van der Waals surface area (Å²) in [6.07, 6.45) is 6.86. The van der Waals surface area contributed by atoms with Crippen LogP contribution >= 0.6 is 0 Å². The quantitative estimate of drug-likeness (QED) is 0.262. The first-order chi connectivity index (χ1) is 21.0. The summed E-state index contributed by atoms with van der Waals surface area (Å²) in [5, 5.41) is 17.6. The number of H-pyrrole nitrogens is 1. The summed E-state index contributed by atoms with van der Waals surface area (Å²) in [4.78, 5) is 21.6. The van der Waals surface area contributed by atoms with E-state index < -0.39 is 0 Å². The third kappa shape index (κ3) is 5.60. The first kappa shape index (κ1) is 28.5. The fraction of sp³-hybridized carbons (Fsp3) is 0.344. The number of fused-ring (bicyclic) bond motifs is 1. The third-order valence-corrected chi connectivity index (χ3v) is 8.40. The van der Waals surface area contributed by atoms with Crippen molar-refractivity contribution < 1.29 is 13.9 Å². The van der Waals surface area contributed by atoms with Gasteiger partial charge in [-0.3, -0.25) is 19.8 Å². The highest BCUT2D eigenvalue weighted by molar-refractivity contribution is 5.94. The number of nitrogens with zero attached hydrogens (tertiary/aromatic N) is 7. The number of halogens is 1. The van der Waals surface area contributed by atoms with E-state index in [2.05, 4.69) is 30.4 Å². The number of hydrogen-bond acceptors (Lipinski definition) is 7. The molecule has 1 saturated heterocycles. The molecule has 2 unspecified atom stereocenters. The summed E-state index contributed by atoms with van der Waals surface area (Å²) in [7, 11) is 1.54. The lowest BCUT2D eigenvalue weighted by molar-refractivity contribution is -0.138. The van der Waals surface area contributed by atoms with Gasteiger partial charge in [-0.1, -0.05) is 11.3 Å². The standard InChI is InChI=1S/C32H35FN8O2/c1-4-39(5-2)32(42)29-12-9-22(18-40(29)19-25-26(33)7-6-8-30(25)43-3)28-20-41(38-36-28)23-10-11-27-24(17-23)31(37-35-27)21-13-15-34-16-14-21/h6-8,10-11,13-17,20,22,29H,4-5,9,12,18-19H2,1-3H3,(H,35,37). The molecule has 4 heterocycles. The van der Waals surface area contributed by atoms with Gasteiger partial charge < -0.3 is 9.64 Å². The topological polar surface area (TPSA) is 105 Å². The Bertz CT molecular complexity index is 1720. The number of aromatic amines is 1. The Morgan fingerprint density at radius 2 is 1.93 bits per heavy atom. The second kappa shape index (κ2) is 12.3. The maximum Gasteiger partial charge on any atom is 0.239 e. The highest BCUT2D eigenvalue weighted by Gasteiger charge is 2.37. The number of carbonyl (C=O) groups is 1. The Morgan fingerprint density at radius 1 is 1.12 bits per heavy atom. The van der Waals surface area contributed by atoms with E-state index in [9.17, 15) is 4.79 Å². The third-order valence-electron chi connectivity index (χ3n) is 8.40. The number of methoxy groups -OCH3 is 1. The van der Waals surface area contributed by atoms with Gasteiger partial charge >= 0.3 is 0 Å².